The topological polar surface area (TPSA) is 32.3 Å². The molecular formula is C13H25NO. The van der Waals surface area contributed by atoms with Crippen molar-refractivity contribution >= 4 is 0 Å². The fourth-order valence-corrected chi connectivity index (χ4v) is 3.25. The number of aliphatic hydroxyl groups is 1. The Balaban J connectivity index is 1.78. The Labute approximate surface area is 93.5 Å². The molecule has 2 heteroatoms. The summed E-state index contributed by atoms with van der Waals surface area (Å²) in [5.41, 5.74) is 0.462. The molecule has 0 aromatic heterocycles. The highest BCUT2D eigenvalue weighted by molar-refractivity contribution is 4.91. The van der Waals surface area contributed by atoms with Crippen molar-refractivity contribution < 1.29 is 5.11 Å². The molecule has 3 atom stereocenters. The molecule has 0 saturated heterocycles. The fraction of sp³-hybridized carbons (Fsp3) is 1.00. The van der Waals surface area contributed by atoms with E-state index >= 15 is 0 Å². The van der Waals surface area contributed by atoms with E-state index in [1.807, 2.05) is 0 Å². The number of aliphatic hydroxyl groups excluding tert-OH is 1. The summed E-state index contributed by atoms with van der Waals surface area (Å²) in [7, 11) is 0. The third-order valence-corrected chi connectivity index (χ3v) is 4.50. The minimum atomic E-state index is -0.0398. The maximum atomic E-state index is 9.75. The highest BCUT2D eigenvalue weighted by Crippen LogP contribution is 2.37. The first-order valence-corrected chi connectivity index (χ1v) is 6.51. The molecule has 0 bridgehead atoms. The molecule has 88 valence electrons. The second kappa shape index (κ2) is 4.42. The largest absolute Gasteiger partial charge is 0.393 e. The summed E-state index contributed by atoms with van der Waals surface area (Å²) in [5.74, 6) is 0.515. The van der Waals surface area contributed by atoms with E-state index in [2.05, 4.69) is 19.2 Å². The Morgan fingerprint density at radius 1 is 1.20 bits per heavy atom. The average Bonchev–Trinajstić information content (AvgIpc) is 2.69. The van der Waals surface area contributed by atoms with Gasteiger partial charge in [0.25, 0.3) is 0 Å². The monoisotopic (exact) mass is 211 g/mol. The van der Waals surface area contributed by atoms with Crippen LogP contribution < -0.4 is 5.32 Å². The minimum Gasteiger partial charge on any atom is -0.393 e. The maximum Gasteiger partial charge on any atom is 0.0580 e. The molecule has 2 aliphatic carbocycles. The van der Waals surface area contributed by atoms with Gasteiger partial charge in [0.1, 0.15) is 0 Å². The summed E-state index contributed by atoms with van der Waals surface area (Å²) in [6.45, 7) is 5.75. The fourth-order valence-electron chi connectivity index (χ4n) is 3.25. The predicted octanol–water partition coefficient (Wildman–Crippen LogP) is 2.32. The number of rotatable bonds is 3. The Kier molecular flexibility index (Phi) is 3.36. The van der Waals surface area contributed by atoms with Gasteiger partial charge in [0.05, 0.1) is 6.10 Å². The van der Waals surface area contributed by atoms with Crippen molar-refractivity contribution in [1.82, 2.24) is 5.32 Å². The van der Waals surface area contributed by atoms with Crippen LogP contribution in [0, 0.1) is 11.3 Å². The lowest BCUT2D eigenvalue weighted by Crippen LogP contribution is -2.41. The summed E-state index contributed by atoms with van der Waals surface area (Å²) in [4.78, 5) is 0. The SMILES string of the molecule is CC1(C)CCCC1NCC1CCCC1O. The molecule has 0 aliphatic heterocycles. The summed E-state index contributed by atoms with van der Waals surface area (Å²) in [5, 5.41) is 13.4. The highest BCUT2D eigenvalue weighted by atomic mass is 16.3. The Bertz CT molecular complexity index is 215. The van der Waals surface area contributed by atoms with Crippen molar-refractivity contribution in [3.63, 3.8) is 0 Å². The first kappa shape index (κ1) is 11.4. The van der Waals surface area contributed by atoms with Crippen LogP contribution in [0.15, 0.2) is 0 Å². The van der Waals surface area contributed by atoms with Crippen molar-refractivity contribution in [1.29, 1.82) is 0 Å². The third-order valence-electron chi connectivity index (χ3n) is 4.50. The van der Waals surface area contributed by atoms with E-state index in [0.717, 1.165) is 13.0 Å². The normalized spacial score (nSPS) is 39.8. The van der Waals surface area contributed by atoms with Gasteiger partial charge in [0.15, 0.2) is 0 Å². The number of hydrogen-bond acceptors (Lipinski definition) is 2. The second-order valence-corrected chi connectivity index (χ2v) is 6.10. The van der Waals surface area contributed by atoms with E-state index in [-0.39, 0.29) is 6.10 Å². The van der Waals surface area contributed by atoms with E-state index in [1.165, 1.54) is 32.1 Å². The van der Waals surface area contributed by atoms with Crippen molar-refractivity contribution in [2.45, 2.75) is 64.5 Å². The number of nitrogens with one attached hydrogen (secondary N) is 1. The first-order chi connectivity index (χ1) is 7.09. The Hall–Kier alpha value is -0.0800. The Morgan fingerprint density at radius 2 is 2.00 bits per heavy atom. The van der Waals surface area contributed by atoms with E-state index in [0.29, 0.717) is 17.4 Å². The molecule has 0 aromatic rings. The summed E-state index contributed by atoms with van der Waals surface area (Å²) < 4.78 is 0. The standard InChI is InChI=1S/C13H25NO/c1-13(2)8-4-7-12(13)14-9-10-5-3-6-11(10)15/h10-12,14-15H,3-9H2,1-2H3. The number of hydrogen-bond donors (Lipinski definition) is 2. The second-order valence-electron chi connectivity index (χ2n) is 6.10. The molecule has 0 amide bonds. The van der Waals surface area contributed by atoms with Gasteiger partial charge in [-0.2, -0.15) is 0 Å². The van der Waals surface area contributed by atoms with Crippen molar-refractivity contribution in [2.24, 2.45) is 11.3 Å². The molecule has 0 heterocycles. The molecule has 0 spiro atoms. The highest BCUT2D eigenvalue weighted by Gasteiger charge is 2.35. The molecule has 2 rings (SSSR count). The van der Waals surface area contributed by atoms with Crippen LogP contribution in [-0.2, 0) is 0 Å². The third kappa shape index (κ3) is 2.54. The molecule has 2 fully saturated rings. The van der Waals surface area contributed by atoms with Crippen LogP contribution in [0.4, 0.5) is 0 Å². The Morgan fingerprint density at radius 3 is 2.53 bits per heavy atom. The quantitative estimate of drug-likeness (QED) is 0.751. The van der Waals surface area contributed by atoms with Gasteiger partial charge in [0, 0.05) is 12.6 Å². The molecule has 2 saturated carbocycles. The first-order valence-electron chi connectivity index (χ1n) is 6.51. The molecule has 2 aliphatic rings. The summed E-state index contributed by atoms with van der Waals surface area (Å²) in [6.07, 6.45) is 7.41. The molecule has 0 radical (unpaired) electrons. The van der Waals surface area contributed by atoms with Gasteiger partial charge < -0.3 is 10.4 Å². The van der Waals surface area contributed by atoms with E-state index < -0.39 is 0 Å². The lowest BCUT2D eigenvalue weighted by Gasteiger charge is -2.29. The van der Waals surface area contributed by atoms with Gasteiger partial charge >= 0.3 is 0 Å². The van der Waals surface area contributed by atoms with E-state index in [9.17, 15) is 5.11 Å². The van der Waals surface area contributed by atoms with Gasteiger partial charge in [-0.05, 0) is 37.0 Å². The zero-order chi connectivity index (χ0) is 10.9. The van der Waals surface area contributed by atoms with E-state index in [4.69, 9.17) is 0 Å². The van der Waals surface area contributed by atoms with Gasteiger partial charge in [-0.1, -0.05) is 26.7 Å². The molecule has 3 unspecified atom stereocenters. The van der Waals surface area contributed by atoms with Crippen molar-refractivity contribution in [2.75, 3.05) is 6.54 Å². The predicted molar refractivity (Wildman–Crippen MR) is 62.8 cm³/mol. The van der Waals surface area contributed by atoms with Crippen LogP contribution in [0.25, 0.3) is 0 Å². The van der Waals surface area contributed by atoms with Gasteiger partial charge in [-0.15, -0.1) is 0 Å². The van der Waals surface area contributed by atoms with Crippen LogP contribution in [0.3, 0.4) is 0 Å². The zero-order valence-corrected chi connectivity index (χ0v) is 10.1. The lowest BCUT2D eigenvalue weighted by atomic mass is 9.87. The lowest BCUT2D eigenvalue weighted by molar-refractivity contribution is 0.126. The van der Waals surface area contributed by atoms with E-state index in [1.54, 1.807) is 0 Å². The van der Waals surface area contributed by atoms with Crippen LogP contribution in [-0.4, -0.2) is 23.8 Å². The van der Waals surface area contributed by atoms with Crippen LogP contribution in [0.1, 0.15) is 52.4 Å². The van der Waals surface area contributed by atoms with Gasteiger partial charge in [-0.3, -0.25) is 0 Å². The summed E-state index contributed by atoms with van der Waals surface area (Å²) in [6, 6.07) is 0.672. The van der Waals surface area contributed by atoms with Gasteiger partial charge in [-0.25, -0.2) is 0 Å². The maximum absolute atomic E-state index is 9.75. The molecule has 15 heavy (non-hydrogen) atoms. The molecule has 2 nitrogen and oxygen atoms in total. The summed E-state index contributed by atoms with van der Waals surface area (Å²) >= 11 is 0. The molecular weight excluding hydrogens is 186 g/mol. The van der Waals surface area contributed by atoms with Gasteiger partial charge in [0.2, 0.25) is 0 Å². The van der Waals surface area contributed by atoms with Crippen molar-refractivity contribution in [3.05, 3.63) is 0 Å². The van der Waals surface area contributed by atoms with Crippen LogP contribution >= 0.6 is 0 Å². The van der Waals surface area contributed by atoms with Crippen molar-refractivity contribution in [3.8, 4) is 0 Å². The van der Waals surface area contributed by atoms with Crippen LogP contribution in [0.5, 0.6) is 0 Å². The smallest absolute Gasteiger partial charge is 0.0580 e. The molecule has 0 aromatic carbocycles. The average molecular weight is 211 g/mol. The minimum absolute atomic E-state index is 0.0398. The van der Waals surface area contributed by atoms with Crippen LogP contribution in [0.2, 0.25) is 0 Å². The molecule has 2 N–H and O–H groups in total. The zero-order valence-electron chi connectivity index (χ0n) is 10.1.